The molecule has 0 bridgehead atoms. The van der Waals surface area contributed by atoms with Crippen molar-refractivity contribution in [2.75, 3.05) is 16.4 Å². The van der Waals surface area contributed by atoms with Crippen LogP contribution >= 0.6 is 23.2 Å². The molecule has 4 rings (SSSR count). The molecule has 0 spiro atoms. The average Bonchev–Trinajstić information content (AvgIpc) is 2.74. The summed E-state index contributed by atoms with van der Waals surface area (Å²) in [5.41, 5.74) is 9.63. The second-order valence-electron chi connectivity index (χ2n) is 6.64. The Hall–Kier alpha value is -3.61. The Balaban J connectivity index is 1.52. The number of benzene rings is 3. The molecule has 3 aromatic carbocycles. The summed E-state index contributed by atoms with van der Waals surface area (Å²) in [6, 6.07) is 21.4. The van der Waals surface area contributed by atoms with E-state index < -0.39 is 5.91 Å². The Bertz CT molecular complexity index is 1220. The van der Waals surface area contributed by atoms with E-state index in [4.69, 9.17) is 28.9 Å². The lowest BCUT2D eigenvalue weighted by Crippen LogP contribution is -2.13. The van der Waals surface area contributed by atoms with Gasteiger partial charge in [0.25, 0.3) is 5.91 Å². The SMILES string of the molecule is Nc1ccc(-c2ccnc(Nc3cccc(NC(=O)c4c(Cl)cccc4Cl)c3)n2)cc1. The summed E-state index contributed by atoms with van der Waals surface area (Å²) in [6.07, 6.45) is 1.67. The predicted octanol–water partition coefficient (Wildman–Crippen LogP) is 6.03. The zero-order chi connectivity index (χ0) is 21.8. The van der Waals surface area contributed by atoms with Crippen molar-refractivity contribution in [1.29, 1.82) is 0 Å². The molecule has 31 heavy (non-hydrogen) atoms. The minimum absolute atomic E-state index is 0.226. The molecule has 0 atom stereocenters. The van der Waals surface area contributed by atoms with Gasteiger partial charge in [0.2, 0.25) is 5.95 Å². The number of amides is 1. The van der Waals surface area contributed by atoms with Crippen LogP contribution in [0, 0.1) is 0 Å². The van der Waals surface area contributed by atoms with E-state index in [9.17, 15) is 4.79 Å². The van der Waals surface area contributed by atoms with Gasteiger partial charge in [-0.15, -0.1) is 0 Å². The summed E-state index contributed by atoms with van der Waals surface area (Å²) in [4.78, 5) is 21.4. The molecule has 154 valence electrons. The molecule has 8 heteroatoms. The molecule has 0 aliphatic rings. The second-order valence-corrected chi connectivity index (χ2v) is 7.46. The van der Waals surface area contributed by atoms with E-state index in [1.54, 1.807) is 42.6 Å². The minimum Gasteiger partial charge on any atom is -0.399 e. The van der Waals surface area contributed by atoms with Crippen molar-refractivity contribution in [1.82, 2.24) is 9.97 Å². The highest BCUT2D eigenvalue weighted by atomic mass is 35.5. The van der Waals surface area contributed by atoms with E-state index in [0.717, 1.165) is 11.3 Å². The first-order valence-electron chi connectivity index (χ1n) is 9.31. The second kappa shape index (κ2) is 9.04. The van der Waals surface area contributed by atoms with Gasteiger partial charge in [-0.05, 0) is 48.5 Å². The molecule has 0 aliphatic carbocycles. The molecule has 0 aliphatic heterocycles. The van der Waals surface area contributed by atoms with Gasteiger partial charge in [0, 0.05) is 28.8 Å². The number of nitrogens with two attached hydrogens (primary N) is 1. The lowest BCUT2D eigenvalue weighted by Gasteiger charge is -2.11. The predicted molar refractivity (Wildman–Crippen MR) is 126 cm³/mol. The lowest BCUT2D eigenvalue weighted by molar-refractivity contribution is 0.102. The Labute approximate surface area is 189 Å². The van der Waals surface area contributed by atoms with Crippen molar-refractivity contribution in [3.63, 3.8) is 0 Å². The Kier molecular flexibility index (Phi) is 6.02. The zero-order valence-electron chi connectivity index (χ0n) is 16.1. The van der Waals surface area contributed by atoms with Gasteiger partial charge >= 0.3 is 0 Å². The van der Waals surface area contributed by atoms with Gasteiger partial charge in [0.1, 0.15) is 0 Å². The number of nitrogens with zero attached hydrogens (tertiary/aromatic N) is 2. The van der Waals surface area contributed by atoms with Crippen molar-refractivity contribution in [2.45, 2.75) is 0 Å². The number of nitrogens with one attached hydrogen (secondary N) is 2. The molecular formula is C23H17Cl2N5O. The van der Waals surface area contributed by atoms with Crippen LogP contribution in [0.2, 0.25) is 10.0 Å². The van der Waals surface area contributed by atoms with Crippen LogP contribution in [-0.4, -0.2) is 15.9 Å². The van der Waals surface area contributed by atoms with Gasteiger partial charge in [0.15, 0.2) is 0 Å². The monoisotopic (exact) mass is 449 g/mol. The standard InChI is InChI=1S/C23H17Cl2N5O/c24-18-5-2-6-19(25)21(18)22(31)28-16-3-1-4-17(13-16)29-23-27-12-11-20(30-23)14-7-9-15(26)10-8-14/h1-13H,26H2,(H,28,31)(H,27,29,30). The van der Waals surface area contributed by atoms with E-state index in [-0.39, 0.29) is 15.6 Å². The fourth-order valence-electron chi connectivity index (χ4n) is 2.95. The maximum absolute atomic E-state index is 12.6. The quantitative estimate of drug-likeness (QED) is 0.323. The van der Waals surface area contributed by atoms with E-state index in [1.165, 1.54) is 0 Å². The van der Waals surface area contributed by atoms with Gasteiger partial charge in [-0.3, -0.25) is 4.79 Å². The van der Waals surface area contributed by atoms with Crippen molar-refractivity contribution in [3.05, 3.63) is 94.6 Å². The van der Waals surface area contributed by atoms with E-state index in [2.05, 4.69) is 20.6 Å². The number of nitrogen functional groups attached to an aromatic ring is 1. The summed E-state index contributed by atoms with van der Waals surface area (Å²) in [7, 11) is 0. The third kappa shape index (κ3) is 4.94. The maximum atomic E-state index is 12.6. The maximum Gasteiger partial charge on any atom is 0.258 e. The van der Waals surface area contributed by atoms with Crippen LogP contribution in [0.25, 0.3) is 11.3 Å². The first kappa shape index (κ1) is 20.7. The zero-order valence-corrected chi connectivity index (χ0v) is 17.7. The number of halogens is 2. The normalized spacial score (nSPS) is 10.5. The van der Waals surface area contributed by atoms with Crippen molar-refractivity contribution in [2.24, 2.45) is 0 Å². The minimum atomic E-state index is -0.394. The van der Waals surface area contributed by atoms with Crippen LogP contribution in [0.1, 0.15) is 10.4 Å². The van der Waals surface area contributed by atoms with Crippen LogP contribution in [-0.2, 0) is 0 Å². The highest BCUT2D eigenvalue weighted by Gasteiger charge is 2.15. The van der Waals surface area contributed by atoms with Gasteiger partial charge in [-0.2, -0.15) is 0 Å². The fraction of sp³-hybridized carbons (Fsp3) is 0. The summed E-state index contributed by atoms with van der Waals surface area (Å²) in [5.74, 6) is 0.0290. The average molecular weight is 450 g/mol. The van der Waals surface area contributed by atoms with Crippen molar-refractivity contribution < 1.29 is 4.79 Å². The molecule has 0 saturated heterocycles. The highest BCUT2D eigenvalue weighted by molar-refractivity contribution is 6.40. The molecule has 0 saturated carbocycles. The summed E-state index contributed by atoms with van der Waals surface area (Å²) in [5, 5.41) is 6.53. The van der Waals surface area contributed by atoms with Crippen LogP contribution in [0.5, 0.6) is 0 Å². The molecule has 0 fully saturated rings. The number of carbonyl (C=O) groups is 1. The van der Waals surface area contributed by atoms with Crippen LogP contribution < -0.4 is 16.4 Å². The van der Waals surface area contributed by atoms with E-state index in [1.807, 2.05) is 36.4 Å². The number of hydrogen-bond acceptors (Lipinski definition) is 5. The first-order valence-corrected chi connectivity index (χ1v) is 10.1. The Morgan fingerprint density at radius 1 is 0.871 bits per heavy atom. The summed E-state index contributed by atoms with van der Waals surface area (Å²) < 4.78 is 0. The van der Waals surface area contributed by atoms with Gasteiger partial charge in [0.05, 0.1) is 21.3 Å². The number of carbonyl (C=O) groups excluding carboxylic acids is 1. The van der Waals surface area contributed by atoms with Crippen LogP contribution in [0.3, 0.4) is 0 Å². The smallest absolute Gasteiger partial charge is 0.258 e. The largest absolute Gasteiger partial charge is 0.399 e. The molecule has 1 heterocycles. The van der Waals surface area contributed by atoms with Crippen LogP contribution in [0.15, 0.2) is 79.0 Å². The summed E-state index contributed by atoms with van der Waals surface area (Å²) in [6.45, 7) is 0. The summed E-state index contributed by atoms with van der Waals surface area (Å²) >= 11 is 12.2. The molecule has 4 N–H and O–H groups in total. The Morgan fingerprint density at radius 3 is 2.29 bits per heavy atom. The van der Waals surface area contributed by atoms with E-state index in [0.29, 0.717) is 23.0 Å². The third-order valence-electron chi connectivity index (χ3n) is 4.43. The molecule has 1 aromatic heterocycles. The molecule has 6 nitrogen and oxygen atoms in total. The topological polar surface area (TPSA) is 92.9 Å². The molecule has 0 unspecified atom stereocenters. The molecule has 1 amide bonds. The van der Waals surface area contributed by atoms with Crippen molar-refractivity contribution in [3.8, 4) is 11.3 Å². The highest BCUT2D eigenvalue weighted by Crippen LogP contribution is 2.26. The van der Waals surface area contributed by atoms with Gasteiger partial charge in [-0.1, -0.05) is 47.5 Å². The number of aromatic nitrogens is 2. The number of hydrogen-bond donors (Lipinski definition) is 3. The fourth-order valence-corrected chi connectivity index (χ4v) is 3.51. The molecular weight excluding hydrogens is 433 g/mol. The van der Waals surface area contributed by atoms with Crippen LogP contribution in [0.4, 0.5) is 23.0 Å². The number of rotatable bonds is 5. The third-order valence-corrected chi connectivity index (χ3v) is 5.06. The van der Waals surface area contributed by atoms with Gasteiger partial charge in [-0.25, -0.2) is 9.97 Å². The first-order chi connectivity index (χ1) is 15.0. The van der Waals surface area contributed by atoms with Gasteiger partial charge < -0.3 is 16.4 Å². The molecule has 4 aromatic rings. The molecule has 0 radical (unpaired) electrons. The Morgan fingerprint density at radius 2 is 1.55 bits per heavy atom. The number of anilines is 4. The lowest BCUT2D eigenvalue weighted by atomic mass is 10.1. The van der Waals surface area contributed by atoms with Crippen molar-refractivity contribution >= 4 is 52.1 Å². The van der Waals surface area contributed by atoms with E-state index >= 15 is 0 Å².